The summed E-state index contributed by atoms with van der Waals surface area (Å²) >= 11 is 0. The number of aryl methyl sites for hydroxylation is 1. The standard InChI is InChI=1S/C20H31NO3/c1-16(2)10-12-20(19(23)24)15-21(14-11-18(20)22)13-6-9-17-7-4-3-5-8-17/h3-5,7-8,16,18,22H,6,9-15H2,1-2H3,(H,23,24)/t18-,20-/m1/s1. The lowest BCUT2D eigenvalue weighted by atomic mass is 9.72. The largest absolute Gasteiger partial charge is 0.481 e. The number of hydrogen-bond donors (Lipinski definition) is 2. The molecule has 1 heterocycles. The molecular weight excluding hydrogens is 302 g/mol. The summed E-state index contributed by atoms with van der Waals surface area (Å²) in [5.41, 5.74) is 0.314. The number of aliphatic hydroxyl groups is 1. The van der Waals surface area contributed by atoms with Gasteiger partial charge in [0.2, 0.25) is 0 Å². The van der Waals surface area contributed by atoms with Crippen molar-refractivity contribution in [3.8, 4) is 0 Å². The highest BCUT2D eigenvalue weighted by molar-refractivity contribution is 5.76. The van der Waals surface area contributed by atoms with Gasteiger partial charge in [0.25, 0.3) is 0 Å². The molecule has 1 aliphatic rings. The van der Waals surface area contributed by atoms with Crippen molar-refractivity contribution in [3.63, 3.8) is 0 Å². The van der Waals surface area contributed by atoms with Crippen LogP contribution in [0.4, 0.5) is 0 Å². The van der Waals surface area contributed by atoms with Crippen molar-refractivity contribution in [1.29, 1.82) is 0 Å². The van der Waals surface area contributed by atoms with Gasteiger partial charge in [-0.25, -0.2) is 0 Å². The van der Waals surface area contributed by atoms with Gasteiger partial charge in [0.1, 0.15) is 5.41 Å². The van der Waals surface area contributed by atoms with E-state index in [1.54, 1.807) is 0 Å². The third-order valence-corrected chi connectivity index (χ3v) is 5.24. The van der Waals surface area contributed by atoms with Crippen LogP contribution in [-0.4, -0.2) is 46.8 Å². The van der Waals surface area contributed by atoms with E-state index in [2.05, 4.69) is 30.9 Å². The normalized spacial score (nSPS) is 25.1. The molecule has 134 valence electrons. The Morgan fingerprint density at radius 2 is 2.04 bits per heavy atom. The fourth-order valence-electron chi connectivity index (χ4n) is 3.62. The van der Waals surface area contributed by atoms with E-state index in [4.69, 9.17) is 0 Å². The maximum absolute atomic E-state index is 12.0. The Labute approximate surface area is 145 Å². The molecule has 0 aromatic heterocycles. The van der Waals surface area contributed by atoms with Gasteiger partial charge in [0.05, 0.1) is 6.10 Å². The predicted octanol–water partition coefficient (Wildman–Crippen LogP) is 3.19. The number of carboxylic acid groups (broad SMARTS) is 1. The minimum atomic E-state index is -1.00. The summed E-state index contributed by atoms with van der Waals surface area (Å²) in [4.78, 5) is 14.2. The van der Waals surface area contributed by atoms with Crippen LogP contribution in [0.5, 0.6) is 0 Å². The number of rotatable bonds is 8. The molecule has 0 amide bonds. The average molecular weight is 333 g/mol. The van der Waals surface area contributed by atoms with E-state index in [1.807, 2.05) is 18.2 Å². The van der Waals surface area contributed by atoms with Crippen molar-refractivity contribution in [1.82, 2.24) is 4.90 Å². The molecular formula is C20H31NO3. The summed E-state index contributed by atoms with van der Waals surface area (Å²) < 4.78 is 0. The molecule has 1 aromatic rings. The Balaban J connectivity index is 1.93. The molecule has 0 saturated carbocycles. The quantitative estimate of drug-likeness (QED) is 0.767. The Morgan fingerprint density at radius 1 is 1.33 bits per heavy atom. The summed E-state index contributed by atoms with van der Waals surface area (Å²) in [6, 6.07) is 10.4. The fraction of sp³-hybridized carbons (Fsp3) is 0.650. The van der Waals surface area contributed by atoms with Gasteiger partial charge in [-0.1, -0.05) is 44.2 Å². The molecule has 1 saturated heterocycles. The summed E-state index contributed by atoms with van der Waals surface area (Å²) in [5.74, 6) is -0.398. The third kappa shape index (κ3) is 4.81. The van der Waals surface area contributed by atoms with Gasteiger partial charge in [-0.05, 0) is 50.1 Å². The van der Waals surface area contributed by atoms with E-state index in [9.17, 15) is 15.0 Å². The first-order valence-electron chi connectivity index (χ1n) is 9.12. The maximum Gasteiger partial charge on any atom is 0.313 e. The lowest BCUT2D eigenvalue weighted by Crippen LogP contribution is -2.56. The monoisotopic (exact) mass is 333 g/mol. The van der Waals surface area contributed by atoms with Crippen LogP contribution >= 0.6 is 0 Å². The second kappa shape index (κ2) is 8.63. The zero-order chi connectivity index (χ0) is 17.6. The second-order valence-electron chi connectivity index (χ2n) is 7.56. The third-order valence-electron chi connectivity index (χ3n) is 5.24. The number of carbonyl (C=O) groups is 1. The highest BCUT2D eigenvalue weighted by atomic mass is 16.4. The van der Waals surface area contributed by atoms with Crippen molar-refractivity contribution in [2.24, 2.45) is 11.3 Å². The van der Waals surface area contributed by atoms with Crippen LogP contribution in [0.1, 0.15) is 45.1 Å². The van der Waals surface area contributed by atoms with E-state index in [-0.39, 0.29) is 0 Å². The molecule has 1 aromatic carbocycles. The molecule has 4 nitrogen and oxygen atoms in total. The second-order valence-corrected chi connectivity index (χ2v) is 7.56. The molecule has 0 spiro atoms. The smallest absolute Gasteiger partial charge is 0.313 e. The van der Waals surface area contributed by atoms with Gasteiger partial charge in [-0.3, -0.25) is 4.79 Å². The maximum atomic E-state index is 12.0. The van der Waals surface area contributed by atoms with Crippen molar-refractivity contribution >= 4 is 5.97 Å². The molecule has 1 fully saturated rings. The Hall–Kier alpha value is -1.39. The minimum absolute atomic E-state index is 0.446. The Morgan fingerprint density at radius 3 is 2.67 bits per heavy atom. The van der Waals surface area contributed by atoms with Gasteiger partial charge in [-0.2, -0.15) is 0 Å². The molecule has 2 rings (SSSR count). The molecule has 2 N–H and O–H groups in total. The first kappa shape index (κ1) is 18.9. The van der Waals surface area contributed by atoms with Crippen molar-refractivity contribution in [2.45, 2.75) is 52.1 Å². The number of aliphatic hydroxyl groups excluding tert-OH is 1. The zero-order valence-electron chi connectivity index (χ0n) is 14.9. The average Bonchev–Trinajstić information content (AvgIpc) is 2.56. The first-order valence-corrected chi connectivity index (χ1v) is 9.12. The minimum Gasteiger partial charge on any atom is -0.481 e. The molecule has 0 unspecified atom stereocenters. The number of nitrogens with zero attached hydrogens (tertiary/aromatic N) is 1. The van der Waals surface area contributed by atoms with Crippen LogP contribution in [-0.2, 0) is 11.2 Å². The van der Waals surface area contributed by atoms with Gasteiger partial charge < -0.3 is 15.1 Å². The molecule has 2 atom stereocenters. The Bertz CT molecular complexity index is 517. The zero-order valence-corrected chi connectivity index (χ0v) is 14.9. The lowest BCUT2D eigenvalue weighted by molar-refractivity contribution is -0.164. The van der Waals surface area contributed by atoms with E-state index in [0.29, 0.717) is 25.3 Å². The fourth-order valence-corrected chi connectivity index (χ4v) is 3.62. The highest BCUT2D eigenvalue weighted by Crippen LogP contribution is 2.36. The van der Waals surface area contributed by atoms with E-state index in [1.165, 1.54) is 5.56 Å². The summed E-state index contributed by atoms with van der Waals surface area (Å²) in [5, 5.41) is 20.2. The lowest BCUT2D eigenvalue weighted by Gasteiger charge is -2.43. The number of piperidine rings is 1. The van der Waals surface area contributed by atoms with E-state index in [0.717, 1.165) is 32.4 Å². The number of aliphatic carboxylic acids is 1. The van der Waals surface area contributed by atoms with Crippen LogP contribution < -0.4 is 0 Å². The molecule has 24 heavy (non-hydrogen) atoms. The van der Waals surface area contributed by atoms with Crippen LogP contribution in [0.15, 0.2) is 30.3 Å². The number of likely N-dealkylation sites (tertiary alicyclic amines) is 1. The molecule has 0 radical (unpaired) electrons. The van der Waals surface area contributed by atoms with Crippen LogP contribution in [0.3, 0.4) is 0 Å². The van der Waals surface area contributed by atoms with Crippen molar-refractivity contribution in [3.05, 3.63) is 35.9 Å². The van der Waals surface area contributed by atoms with Crippen molar-refractivity contribution in [2.75, 3.05) is 19.6 Å². The molecule has 4 heteroatoms. The van der Waals surface area contributed by atoms with E-state index >= 15 is 0 Å². The predicted molar refractivity (Wildman–Crippen MR) is 96.0 cm³/mol. The number of benzene rings is 1. The van der Waals surface area contributed by atoms with Crippen LogP contribution in [0.2, 0.25) is 0 Å². The topological polar surface area (TPSA) is 60.8 Å². The summed E-state index contributed by atoms with van der Waals surface area (Å²) in [7, 11) is 0. The molecule has 0 aliphatic carbocycles. The molecule has 0 bridgehead atoms. The van der Waals surface area contributed by atoms with Gasteiger partial charge in [-0.15, -0.1) is 0 Å². The number of carboxylic acids is 1. The highest BCUT2D eigenvalue weighted by Gasteiger charge is 2.48. The van der Waals surface area contributed by atoms with Crippen LogP contribution in [0, 0.1) is 11.3 Å². The molecule has 1 aliphatic heterocycles. The van der Waals surface area contributed by atoms with E-state index < -0.39 is 17.5 Å². The van der Waals surface area contributed by atoms with Gasteiger partial charge in [0.15, 0.2) is 0 Å². The summed E-state index contributed by atoms with van der Waals surface area (Å²) in [6.07, 6.45) is 3.22. The SMILES string of the molecule is CC(C)CC[C@@]1(C(=O)O)CN(CCCc2ccccc2)CC[C@H]1O. The van der Waals surface area contributed by atoms with Gasteiger partial charge in [0, 0.05) is 13.1 Å². The van der Waals surface area contributed by atoms with Crippen molar-refractivity contribution < 1.29 is 15.0 Å². The first-order chi connectivity index (χ1) is 11.4. The summed E-state index contributed by atoms with van der Waals surface area (Å²) in [6.45, 7) is 6.33. The Kier molecular flexibility index (Phi) is 6.81. The van der Waals surface area contributed by atoms with Crippen LogP contribution in [0.25, 0.3) is 0 Å². The number of hydrogen-bond acceptors (Lipinski definition) is 3. The van der Waals surface area contributed by atoms with Gasteiger partial charge >= 0.3 is 5.97 Å².